The standard InChI is InChI=1S/C25H36N4O5S/c1-16(2)14-19(24(33)27-17(3)21(30)11-13-35)28-25(34)20-10-7-12-29(20)22(31)15-26-23(32)18-8-5-4-6-9-18/h4-6,8-9,16-17,19-20,35H,7,10-15H2,1-3H3,(H,26,32)(H,27,33)(H,28,34)/t17-,19-,20-/m0/s1. The topological polar surface area (TPSA) is 125 Å². The van der Waals surface area contributed by atoms with E-state index in [1.807, 2.05) is 13.8 Å². The van der Waals surface area contributed by atoms with Crippen molar-refractivity contribution in [1.82, 2.24) is 20.9 Å². The first-order valence-corrected chi connectivity index (χ1v) is 12.6. The number of likely N-dealkylation sites (tertiary alicyclic amines) is 1. The Morgan fingerprint density at radius 1 is 1.06 bits per heavy atom. The van der Waals surface area contributed by atoms with E-state index in [-0.39, 0.29) is 36.5 Å². The van der Waals surface area contributed by atoms with Gasteiger partial charge in [-0.2, -0.15) is 12.6 Å². The number of hydrogen-bond donors (Lipinski definition) is 4. The molecule has 35 heavy (non-hydrogen) atoms. The molecule has 10 heteroatoms. The summed E-state index contributed by atoms with van der Waals surface area (Å²) in [5.41, 5.74) is 0.445. The molecule has 0 bridgehead atoms. The van der Waals surface area contributed by atoms with E-state index in [0.717, 1.165) is 0 Å². The molecule has 1 saturated heterocycles. The summed E-state index contributed by atoms with van der Waals surface area (Å²) in [7, 11) is 0. The number of benzene rings is 1. The van der Waals surface area contributed by atoms with Crippen molar-refractivity contribution in [3.05, 3.63) is 35.9 Å². The van der Waals surface area contributed by atoms with Crippen molar-refractivity contribution in [2.75, 3.05) is 18.8 Å². The molecule has 1 aromatic rings. The van der Waals surface area contributed by atoms with Gasteiger partial charge in [0.25, 0.3) is 5.91 Å². The zero-order valence-corrected chi connectivity index (χ0v) is 21.5. The van der Waals surface area contributed by atoms with E-state index in [1.54, 1.807) is 37.3 Å². The van der Waals surface area contributed by atoms with Crippen LogP contribution in [0, 0.1) is 5.92 Å². The summed E-state index contributed by atoms with van der Waals surface area (Å²) in [4.78, 5) is 64.5. The van der Waals surface area contributed by atoms with Crippen molar-refractivity contribution >= 4 is 42.0 Å². The van der Waals surface area contributed by atoms with Crippen LogP contribution in [0.15, 0.2) is 30.3 Å². The molecule has 192 valence electrons. The van der Waals surface area contributed by atoms with Gasteiger partial charge >= 0.3 is 0 Å². The van der Waals surface area contributed by atoms with Crippen LogP contribution < -0.4 is 16.0 Å². The Hall–Kier alpha value is -2.88. The van der Waals surface area contributed by atoms with Crippen LogP contribution in [-0.4, -0.2) is 71.3 Å². The lowest BCUT2D eigenvalue weighted by molar-refractivity contribution is -0.139. The molecule has 0 radical (unpaired) electrons. The molecule has 1 heterocycles. The second kappa shape index (κ2) is 13.9. The van der Waals surface area contributed by atoms with E-state index in [2.05, 4.69) is 28.6 Å². The van der Waals surface area contributed by atoms with Crippen molar-refractivity contribution in [3.63, 3.8) is 0 Å². The summed E-state index contributed by atoms with van der Waals surface area (Å²) in [6.07, 6.45) is 1.74. The first-order valence-electron chi connectivity index (χ1n) is 12.0. The minimum absolute atomic E-state index is 0.115. The first kappa shape index (κ1) is 28.4. The molecule has 1 aliphatic heterocycles. The molecular weight excluding hydrogens is 468 g/mol. The average Bonchev–Trinajstić information content (AvgIpc) is 3.32. The third kappa shape index (κ3) is 8.69. The Morgan fingerprint density at radius 2 is 1.74 bits per heavy atom. The third-order valence-electron chi connectivity index (χ3n) is 5.85. The number of rotatable bonds is 12. The molecule has 4 amide bonds. The van der Waals surface area contributed by atoms with Gasteiger partial charge in [0.05, 0.1) is 12.6 Å². The maximum atomic E-state index is 13.1. The molecule has 1 aromatic carbocycles. The Balaban J connectivity index is 1.98. The first-order chi connectivity index (χ1) is 16.6. The van der Waals surface area contributed by atoms with Crippen molar-refractivity contribution in [1.29, 1.82) is 0 Å². The number of carbonyl (C=O) groups excluding carboxylic acids is 5. The summed E-state index contributed by atoms with van der Waals surface area (Å²) >= 11 is 4.05. The van der Waals surface area contributed by atoms with E-state index < -0.39 is 29.9 Å². The summed E-state index contributed by atoms with van der Waals surface area (Å²) in [6, 6.07) is 6.33. The molecule has 0 aliphatic carbocycles. The van der Waals surface area contributed by atoms with Crippen molar-refractivity contribution < 1.29 is 24.0 Å². The third-order valence-corrected chi connectivity index (χ3v) is 6.08. The number of Topliss-reactive ketones (excluding diaryl/α,β-unsaturated/α-hetero) is 1. The zero-order valence-electron chi connectivity index (χ0n) is 20.6. The minimum atomic E-state index is -0.830. The number of ketones is 1. The molecule has 3 N–H and O–H groups in total. The highest BCUT2D eigenvalue weighted by atomic mass is 32.1. The highest BCUT2D eigenvalue weighted by Crippen LogP contribution is 2.18. The maximum absolute atomic E-state index is 13.1. The number of carbonyl (C=O) groups is 5. The molecule has 0 saturated carbocycles. The van der Waals surface area contributed by atoms with Gasteiger partial charge in [0.2, 0.25) is 17.7 Å². The highest BCUT2D eigenvalue weighted by molar-refractivity contribution is 7.80. The maximum Gasteiger partial charge on any atom is 0.251 e. The molecule has 3 atom stereocenters. The lowest BCUT2D eigenvalue weighted by Crippen LogP contribution is -2.55. The second-order valence-corrected chi connectivity index (χ2v) is 9.60. The van der Waals surface area contributed by atoms with Crippen LogP contribution in [0.5, 0.6) is 0 Å². The van der Waals surface area contributed by atoms with Crippen LogP contribution in [0.4, 0.5) is 0 Å². The zero-order chi connectivity index (χ0) is 26.0. The van der Waals surface area contributed by atoms with Crippen molar-refractivity contribution in [2.45, 2.75) is 64.6 Å². The van der Waals surface area contributed by atoms with Gasteiger partial charge < -0.3 is 20.9 Å². The molecule has 1 fully saturated rings. The van der Waals surface area contributed by atoms with Gasteiger partial charge in [-0.25, -0.2) is 0 Å². The van der Waals surface area contributed by atoms with E-state index in [9.17, 15) is 24.0 Å². The minimum Gasteiger partial charge on any atom is -0.345 e. The van der Waals surface area contributed by atoms with Crippen LogP contribution in [0.3, 0.4) is 0 Å². The molecule has 0 spiro atoms. The van der Waals surface area contributed by atoms with Gasteiger partial charge in [-0.1, -0.05) is 32.0 Å². The van der Waals surface area contributed by atoms with E-state index >= 15 is 0 Å². The second-order valence-electron chi connectivity index (χ2n) is 9.15. The predicted molar refractivity (Wildman–Crippen MR) is 136 cm³/mol. The van der Waals surface area contributed by atoms with Gasteiger partial charge in [-0.3, -0.25) is 24.0 Å². The Labute approximate surface area is 212 Å². The summed E-state index contributed by atoms with van der Waals surface area (Å²) in [6.45, 7) is 5.65. The van der Waals surface area contributed by atoms with Gasteiger partial charge in [0.15, 0.2) is 5.78 Å². The normalized spacial score (nSPS) is 16.9. The molecular formula is C25H36N4O5S. The highest BCUT2D eigenvalue weighted by Gasteiger charge is 2.36. The average molecular weight is 505 g/mol. The summed E-state index contributed by atoms with van der Waals surface area (Å²) < 4.78 is 0. The SMILES string of the molecule is CC(C)C[C@H](NC(=O)[C@@H]1CCCN1C(=O)CNC(=O)c1ccccc1)C(=O)N[C@@H](C)C(=O)CCS. The smallest absolute Gasteiger partial charge is 0.251 e. The van der Waals surface area contributed by atoms with Crippen LogP contribution in [0.2, 0.25) is 0 Å². The fourth-order valence-corrected chi connectivity index (χ4v) is 4.20. The number of nitrogens with zero attached hydrogens (tertiary/aromatic N) is 1. The number of nitrogens with one attached hydrogen (secondary N) is 3. The van der Waals surface area contributed by atoms with Gasteiger partial charge in [0.1, 0.15) is 12.1 Å². The Kier molecular flexibility index (Phi) is 11.2. The molecule has 0 aromatic heterocycles. The fraction of sp³-hybridized carbons (Fsp3) is 0.560. The lowest BCUT2D eigenvalue weighted by Gasteiger charge is -2.27. The molecule has 0 unspecified atom stereocenters. The quantitative estimate of drug-likeness (QED) is 0.320. The molecule has 1 aliphatic rings. The van der Waals surface area contributed by atoms with Gasteiger partial charge in [-0.05, 0) is 50.0 Å². The van der Waals surface area contributed by atoms with Crippen LogP contribution in [0.25, 0.3) is 0 Å². The van der Waals surface area contributed by atoms with E-state index in [0.29, 0.717) is 37.1 Å². The van der Waals surface area contributed by atoms with Crippen LogP contribution >= 0.6 is 12.6 Å². The fourth-order valence-electron chi connectivity index (χ4n) is 3.98. The lowest BCUT2D eigenvalue weighted by atomic mass is 10.0. The Bertz CT molecular complexity index is 908. The number of thiol groups is 1. The van der Waals surface area contributed by atoms with Crippen LogP contribution in [0.1, 0.15) is 56.8 Å². The molecule has 9 nitrogen and oxygen atoms in total. The summed E-state index contributed by atoms with van der Waals surface area (Å²) in [5.74, 6) is -1.20. The monoisotopic (exact) mass is 504 g/mol. The largest absolute Gasteiger partial charge is 0.345 e. The van der Waals surface area contributed by atoms with Crippen LogP contribution in [-0.2, 0) is 19.2 Å². The summed E-state index contributed by atoms with van der Waals surface area (Å²) in [5, 5.41) is 8.07. The molecule has 2 rings (SSSR count). The van der Waals surface area contributed by atoms with Crippen molar-refractivity contribution in [3.8, 4) is 0 Å². The number of hydrogen-bond acceptors (Lipinski definition) is 6. The van der Waals surface area contributed by atoms with Gasteiger partial charge in [0, 0.05) is 18.5 Å². The predicted octanol–water partition coefficient (Wildman–Crippen LogP) is 1.33. The van der Waals surface area contributed by atoms with Gasteiger partial charge in [-0.15, -0.1) is 0 Å². The van der Waals surface area contributed by atoms with Crippen molar-refractivity contribution in [2.24, 2.45) is 5.92 Å². The van der Waals surface area contributed by atoms with E-state index in [1.165, 1.54) is 4.90 Å². The Morgan fingerprint density at radius 3 is 2.37 bits per heavy atom. The number of amides is 4. The van der Waals surface area contributed by atoms with E-state index in [4.69, 9.17) is 0 Å².